The fourth-order valence-corrected chi connectivity index (χ4v) is 2.90. The Morgan fingerprint density at radius 1 is 1.18 bits per heavy atom. The van der Waals surface area contributed by atoms with Crippen molar-refractivity contribution in [3.8, 4) is 0 Å². The lowest BCUT2D eigenvalue weighted by atomic mass is 9.99. The van der Waals surface area contributed by atoms with Crippen LogP contribution in [0.4, 0.5) is 18.9 Å². The number of carbonyl (C=O) groups is 1. The number of alkyl halides is 3. The number of benzene rings is 2. The number of hydrazone groups is 1. The fraction of sp³-hybridized carbons (Fsp3) is 0.222. The van der Waals surface area contributed by atoms with Gasteiger partial charge in [0.2, 0.25) is 5.91 Å². The maximum absolute atomic E-state index is 13.6. The SMILES string of the molecule is O=C(Cc1ccccc1)N1N=C(c2ccccc2[N+](=O)[O-])CC1(O)C(F)(F)F. The van der Waals surface area contributed by atoms with Gasteiger partial charge in [0, 0.05) is 6.07 Å². The Kier molecular flexibility index (Phi) is 4.90. The van der Waals surface area contributed by atoms with Crippen molar-refractivity contribution in [2.45, 2.75) is 24.7 Å². The van der Waals surface area contributed by atoms with Crippen molar-refractivity contribution in [3.05, 3.63) is 75.8 Å². The Hall–Kier alpha value is -3.27. The number of nitrogens with zero attached hydrogens (tertiary/aromatic N) is 3. The van der Waals surface area contributed by atoms with E-state index in [2.05, 4.69) is 5.10 Å². The van der Waals surface area contributed by atoms with Gasteiger partial charge >= 0.3 is 6.18 Å². The molecule has 0 spiro atoms. The largest absolute Gasteiger partial charge is 0.438 e. The minimum absolute atomic E-state index is 0.0218. The molecule has 0 saturated carbocycles. The molecule has 0 aromatic heterocycles. The van der Waals surface area contributed by atoms with E-state index in [9.17, 15) is 33.2 Å². The maximum Gasteiger partial charge on any atom is 0.438 e. The molecule has 10 heteroatoms. The molecule has 2 aromatic rings. The second kappa shape index (κ2) is 7.04. The number of para-hydroxylation sites is 1. The number of carbonyl (C=O) groups excluding carboxylic acids is 1. The summed E-state index contributed by atoms with van der Waals surface area (Å²) in [6, 6.07) is 13.1. The van der Waals surface area contributed by atoms with E-state index in [1.165, 1.54) is 18.2 Å². The van der Waals surface area contributed by atoms with Crippen molar-refractivity contribution in [2.24, 2.45) is 5.10 Å². The zero-order valence-corrected chi connectivity index (χ0v) is 14.3. The van der Waals surface area contributed by atoms with E-state index in [0.717, 1.165) is 6.07 Å². The Morgan fingerprint density at radius 3 is 2.39 bits per heavy atom. The summed E-state index contributed by atoms with van der Waals surface area (Å²) in [5, 5.41) is 25.1. The number of amides is 1. The molecule has 0 aliphatic carbocycles. The molecule has 1 unspecified atom stereocenters. The normalized spacial score (nSPS) is 19.4. The van der Waals surface area contributed by atoms with E-state index in [1.54, 1.807) is 30.3 Å². The molecule has 1 aliphatic rings. The Labute approximate surface area is 156 Å². The average Bonchev–Trinajstić information content (AvgIpc) is 3.01. The zero-order chi connectivity index (χ0) is 20.5. The molecule has 1 N–H and O–H groups in total. The van der Waals surface area contributed by atoms with Crippen LogP contribution in [0.25, 0.3) is 0 Å². The highest BCUT2D eigenvalue weighted by Crippen LogP contribution is 2.42. The molecule has 1 heterocycles. The van der Waals surface area contributed by atoms with Crippen molar-refractivity contribution in [2.75, 3.05) is 0 Å². The second-order valence-electron chi connectivity index (χ2n) is 6.18. The monoisotopic (exact) mass is 393 g/mol. The molecular weight excluding hydrogens is 379 g/mol. The van der Waals surface area contributed by atoms with Gasteiger partial charge in [-0.25, -0.2) is 0 Å². The lowest BCUT2D eigenvalue weighted by Gasteiger charge is -2.32. The predicted molar refractivity (Wildman–Crippen MR) is 92.2 cm³/mol. The van der Waals surface area contributed by atoms with Crippen LogP contribution in [0.5, 0.6) is 0 Å². The van der Waals surface area contributed by atoms with Crippen molar-refractivity contribution in [1.82, 2.24) is 5.01 Å². The van der Waals surface area contributed by atoms with Crippen LogP contribution in [-0.2, 0) is 11.2 Å². The van der Waals surface area contributed by atoms with Crippen LogP contribution in [0, 0.1) is 10.1 Å². The number of rotatable bonds is 4. The Morgan fingerprint density at radius 2 is 1.79 bits per heavy atom. The Bertz CT molecular complexity index is 947. The lowest BCUT2D eigenvalue weighted by molar-refractivity contribution is -0.385. The molecule has 0 bridgehead atoms. The van der Waals surface area contributed by atoms with Gasteiger partial charge in [0.05, 0.1) is 29.0 Å². The lowest BCUT2D eigenvalue weighted by Crippen LogP contribution is -2.57. The van der Waals surface area contributed by atoms with Gasteiger partial charge in [0.25, 0.3) is 11.4 Å². The summed E-state index contributed by atoms with van der Waals surface area (Å²) in [5.74, 6) is -1.08. The van der Waals surface area contributed by atoms with E-state index in [0.29, 0.717) is 5.56 Å². The third-order valence-electron chi connectivity index (χ3n) is 4.29. The van der Waals surface area contributed by atoms with Gasteiger partial charge in [-0.3, -0.25) is 14.9 Å². The van der Waals surface area contributed by atoms with E-state index in [4.69, 9.17) is 0 Å². The van der Waals surface area contributed by atoms with Crippen LogP contribution in [0.15, 0.2) is 59.7 Å². The van der Waals surface area contributed by atoms with Crippen molar-refractivity contribution >= 4 is 17.3 Å². The number of hydrogen-bond acceptors (Lipinski definition) is 5. The van der Waals surface area contributed by atoms with Gasteiger partial charge in [0.15, 0.2) is 0 Å². The summed E-state index contributed by atoms with van der Waals surface area (Å²) in [4.78, 5) is 22.9. The van der Waals surface area contributed by atoms with Gasteiger partial charge in [-0.1, -0.05) is 42.5 Å². The van der Waals surface area contributed by atoms with Gasteiger partial charge in [-0.05, 0) is 11.6 Å². The van der Waals surface area contributed by atoms with Crippen LogP contribution >= 0.6 is 0 Å². The molecule has 2 aromatic carbocycles. The highest BCUT2D eigenvalue weighted by Gasteiger charge is 2.63. The molecule has 3 rings (SSSR count). The van der Waals surface area contributed by atoms with Crippen molar-refractivity contribution in [1.29, 1.82) is 0 Å². The zero-order valence-electron chi connectivity index (χ0n) is 14.3. The van der Waals surface area contributed by atoms with Crippen LogP contribution in [0.1, 0.15) is 17.5 Å². The van der Waals surface area contributed by atoms with Crippen molar-refractivity contribution in [3.63, 3.8) is 0 Å². The maximum atomic E-state index is 13.6. The summed E-state index contributed by atoms with van der Waals surface area (Å²) in [7, 11) is 0. The molecule has 0 fully saturated rings. The van der Waals surface area contributed by atoms with E-state index < -0.39 is 47.0 Å². The summed E-state index contributed by atoms with van der Waals surface area (Å²) >= 11 is 0. The average molecular weight is 393 g/mol. The first-order chi connectivity index (χ1) is 13.1. The summed E-state index contributed by atoms with van der Waals surface area (Å²) in [6.45, 7) is 0. The molecule has 0 radical (unpaired) electrons. The molecule has 0 saturated heterocycles. The molecule has 1 aliphatic heterocycles. The third-order valence-corrected chi connectivity index (χ3v) is 4.29. The first kappa shape index (κ1) is 19.5. The Balaban J connectivity index is 2.02. The molecule has 1 atom stereocenters. The standard InChI is InChI=1S/C18H14F3N3O4/c19-18(20,21)17(26)11-14(13-8-4-5-9-15(13)24(27)28)22-23(17)16(25)10-12-6-2-1-3-7-12/h1-9,26H,10-11H2. The van der Waals surface area contributed by atoms with E-state index >= 15 is 0 Å². The van der Waals surface area contributed by atoms with Gasteiger partial charge < -0.3 is 5.11 Å². The molecule has 1 amide bonds. The second-order valence-corrected chi connectivity index (χ2v) is 6.18. The highest BCUT2D eigenvalue weighted by molar-refractivity contribution is 6.06. The highest BCUT2D eigenvalue weighted by atomic mass is 19.4. The van der Waals surface area contributed by atoms with Crippen LogP contribution in [0.2, 0.25) is 0 Å². The quantitative estimate of drug-likeness (QED) is 0.638. The molecule has 146 valence electrons. The molecule has 7 nitrogen and oxygen atoms in total. The smallest absolute Gasteiger partial charge is 0.362 e. The minimum Gasteiger partial charge on any atom is -0.362 e. The van der Waals surface area contributed by atoms with E-state index in [-0.39, 0.29) is 10.6 Å². The van der Waals surface area contributed by atoms with Gasteiger partial charge in [-0.2, -0.15) is 23.3 Å². The third kappa shape index (κ3) is 3.46. The first-order valence-electron chi connectivity index (χ1n) is 8.11. The van der Waals surface area contributed by atoms with Crippen LogP contribution in [-0.4, -0.2) is 38.6 Å². The first-order valence-corrected chi connectivity index (χ1v) is 8.11. The molecule has 28 heavy (non-hydrogen) atoms. The van der Waals surface area contributed by atoms with E-state index in [1.807, 2.05) is 0 Å². The van der Waals surface area contributed by atoms with Gasteiger partial charge in [0.1, 0.15) is 0 Å². The molecular formula is C18H14F3N3O4. The number of hydrogen-bond donors (Lipinski definition) is 1. The number of nitro groups is 1. The van der Waals surface area contributed by atoms with Crippen LogP contribution in [0.3, 0.4) is 0 Å². The summed E-state index contributed by atoms with van der Waals surface area (Å²) < 4.78 is 40.8. The van der Waals surface area contributed by atoms with Gasteiger partial charge in [-0.15, -0.1) is 0 Å². The topological polar surface area (TPSA) is 96.0 Å². The summed E-state index contributed by atoms with van der Waals surface area (Å²) in [5.41, 5.74) is -4.20. The minimum atomic E-state index is -5.21. The predicted octanol–water partition coefficient (Wildman–Crippen LogP) is 3.02. The number of halogens is 3. The fourth-order valence-electron chi connectivity index (χ4n) is 2.90. The number of nitro benzene ring substituents is 1. The van der Waals surface area contributed by atoms with Crippen molar-refractivity contribution < 1.29 is 28.0 Å². The number of aliphatic hydroxyl groups is 1. The summed E-state index contributed by atoms with van der Waals surface area (Å²) in [6.07, 6.45) is -6.75. The van der Waals surface area contributed by atoms with Crippen LogP contribution < -0.4 is 0 Å².